The van der Waals surface area contributed by atoms with Gasteiger partial charge in [-0.2, -0.15) is 5.10 Å². The Kier molecular flexibility index (Phi) is 4.42. The van der Waals surface area contributed by atoms with E-state index in [4.69, 9.17) is 0 Å². The Hall–Kier alpha value is -1.65. The van der Waals surface area contributed by atoms with Crippen LogP contribution in [0.2, 0.25) is 0 Å². The Bertz CT molecular complexity index is 768. The van der Waals surface area contributed by atoms with Crippen LogP contribution in [0.3, 0.4) is 0 Å². The van der Waals surface area contributed by atoms with Crippen molar-refractivity contribution in [1.29, 1.82) is 0 Å². The Labute approximate surface area is 151 Å². The molecular weight excluding hydrogens is 308 g/mol. The average Bonchev–Trinajstić information content (AvgIpc) is 2.87. The van der Waals surface area contributed by atoms with Gasteiger partial charge in [0, 0.05) is 50.5 Å². The van der Waals surface area contributed by atoms with E-state index < -0.39 is 0 Å². The summed E-state index contributed by atoms with van der Waals surface area (Å²) in [6, 6.07) is 7.60. The largest absolute Gasteiger partial charge is 0.304 e. The second-order valence-electron chi connectivity index (χ2n) is 7.85. The monoisotopic (exact) mass is 338 g/mol. The number of hydrogen-bond donors (Lipinski definition) is 0. The summed E-state index contributed by atoms with van der Waals surface area (Å²) >= 11 is 0. The van der Waals surface area contributed by atoms with Crippen LogP contribution >= 0.6 is 0 Å². The maximum Gasteiger partial charge on any atom is 0.0674 e. The highest BCUT2D eigenvalue weighted by Crippen LogP contribution is 2.36. The zero-order chi connectivity index (χ0) is 17.6. The molecule has 2 heterocycles. The number of rotatable bonds is 2. The molecule has 4 rings (SSSR count). The number of piperazine rings is 1. The number of benzene rings is 1. The van der Waals surface area contributed by atoms with Crippen molar-refractivity contribution in [3.05, 3.63) is 40.7 Å². The molecule has 2 aromatic rings. The van der Waals surface area contributed by atoms with Crippen molar-refractivity contribution in [3.63, 3.8) is 0 Å². The molecule has 2 aliphatic rings. The maximum atomic E-state index is 4.64. The summed E-state index contributed by atoms with van der Waals surface area (Å²) in [6.07, 6.45) is 3.67. The summed E-state index contributed by atoms with van der Waals surface area (Å²) in [5.74, 6) is 0. The lowest BCUT2D eigenvalue weighted by atomic mass is 9.82. The molecule has 0 N–H and O–H groups in total. The van der Waals surface area contributed by atoms with Crippen LogP contribution < -0.4 is 0 Å². The lowest BCUT2D eigenvalue weighted by Gasteiger charge is -2.40. The number of aryl methyl sites for hydroxylation is 2. The molecule has 1 aliphatic heterocycles. The zero-order valence-electron chi connectivity index (χ0n) is 16.0. The van der Waals surface area contributed by atoms with Crippen molar-refractivity contribution in [1.82, 2.24) is 19.6 Å². The lowest BCUT2D eigenvalue weighted by Crippen LogP contribution is -2.50. The molecule has 4 nitrogen and oxygen atoms in total. The van der Waals surface area contributed by atoms with Gasteiger partial charge in [0.2, 0.25) is 0 Å². The summed E-state index contributed by atoms with van der Waals surface area (Å²) in [6.45, 7) is 9.17. The molecule has 1 aliphatic carbocycles. The fourth-order valence-corrected chi connectivity index (χ4v) is 4.68. The van der Waals surface area contributed by atoms with Gasteiger partial charge in [-0.15, -0.1) is 0 Å². The van der Waals surface area contributed by atoms with Crippen LogP contribution in [0.15, 0.2) is 18.2 Å². The van der Waals surface area contributed by atoms with E-state index >= 15 is 0 Å². The van der Waals surface area contributed by atoms with E-state index in [-0.39, 0.29) is 0 Å². The van der Waals surface area contributed by atoms with Gasteiger partial charge in [-0.1, -0.05) is 18.2 Å². The highest BCUT2D eigenvalue weighted by molar-refractivity contribution is 5.73. The molecule has 1 fully saturated rings. The summed E-state index contributed by atoms with van der Waals surface area (Å²) < 4.78 is 2.01. The van der Waals surface area contributed by atoms with Gasteiger partial charge in [0.25, 0.3) is 0 Å². The molecule has 134 valence electrons. The number of fused-ring (bicyclic) bond motifs is 1. The zero-order valence-corrected chi connectivity index (χ0v) is 16.0. The van der Waals surface area contributed by atoms with Crippen molar-refractivity contribution < 1.29 is 0 Å². The average molecular weight is 338 g/mol. The molecule has 1 aromatic carbocycles. The van der Waals surface area contributed by atoms with Gasteiger partial charge in [0.15, 0.2) is 0 Å². The van der Waals surface area contributed by atoms with E-state index in [1.807, 2.05) is 11.7 Å². The van der Waals surface area contributed by atoms with E-state index in [0.29, 0.717) is 6.04 Å². The molecule has 0 spiro atoms. The standard InChI is InChI=1S/C21H30N4/c1-15-21(16(2)24(4)22-15)20-7-5-6-17-14-18(8-9-19(17)20)25-12-10-23(3)11-13-25/h5-7,18H,8-14H2,1-4H3. The molecule has 1 saturated heterocycles. The lowest BCUT2D eigenvalue weighted by molar-refractivity contribution is 0.104. The molecule has 1 atom stereocenters. The van der Waals surface area contributed by atoms with Gasteiger partial charge in [-0.05, 0) is 56.8 Å². The predicted octanol–water partition coefficient (Wildman–Crippen LogP) is 2.81. The van der Waals surface area contributed by atoms with Gasteiger partial charge in [0.05, 0.1) is 5.69 Å². The van der Waals surface area contributed by atoms with E-state index in [9.17, 15) is 0 Å². The quantitative estimate of drug-likeness (QED) is 0.841. The molecule has 1 aromatic heterocycles. The second-order valence-corrected chi connectivity index (χ2v) is 7.85. The van der Waals surface area contributed by atoms with Crippen LogP contribution in [0.4, 0.5) is 0 Å². The van der Waals surface area contributed by atoms with Crippen molar-refractivity contribution >= 4 is 0 Å². The smallest absolute Gasteiger partial charge is 0.0674 e. The Balaban J connectivity index is 1.63. The predicted molar refractivity (Wildman–Crippen MR) is 103 cm³/mol. The van der Waals surface area contributed by atoms with Crippen LogP contribution in [0, 0.1) is 13.8 Å². The third-order valence-electron chi connectivity index (χ3n) is 6.29. The minimum absolute atomic E-state index is 0.715. The van der Waals surface area contributed by atoms with Crippen LogP contribution in [-0.4, -0.2) is 58.8 Å². The number of hydrogen-bond acceptors (Lipinski definition) is 3. The van der Waals surface area contributed by atoms with Gasteiger partial charge in [-0.3, -0.25) is 9.58 Å². The minimum atomic E-state index is 0.715. The summed E-state index contributed by atoms with van der Waals surface area (Å²) in [4.78, 5) is 5.16. The first kappa shape index (κ1) is 16.8. The first-order valence-corrected chi connectivity index (χ1v) is 9.58. The van der Waals surface area contributed by atoms with Crippen LogP contribution in [0.1, 0.15) is 28.9 Å². The van der Waals surface area contributed by atoms with E-state index in [1.165, 1.54) is 62.3 Å². The third kappa shape index (κ3) is 3.02. The van der Waals surface area contributed by atoms with Crippen molar-refractivity contribution in [2.45, 2.75) is 39.2 Å². The molecule has 25 heavy (non-hydrogen) atoms. The summed E-state index contributed by atoms with van der Waals surface area (Å²) in [5, 5.41) is 4.64. The molecule has 1 unspecified atom stereocenters. The number of likely N-dealkylation sites (N-methyl/N-ethyl adjacent to an activating group) is 1. The third-order valence-corrected chi connectivity index (χ3v) is 6.29. The summed E-state index contributed by atoms with van der Waals surface area (Å²) in [7, 11) is 4.28. The van der Waals surface area contributed by atoms with E-state index in [0.717, 1.165) is 5.69 Å². The van der Waals surface area contributed by atoms with Gasteiger partial charge in [-0.25, -0.2) is 0 Å². The summed E-state index contributed by atoms with van der Waals surface area (Å²) in [5.41, 5.74) is 8.29. The van der Waals surface area contributed by atoms with Gasteiger partial charge in [0.1, 0.15) is 0 Å². The molecule has 0 saturated carbocycles. The molecule has 4 heteroatoms. The van der Waals surface area contributed by atoms with Crippen molar-refractivity contribution in [2.75, 3.05) is 33.2 Å². The Morgan fingerprint density at radius 2 is 1.80 bits per heavy atom. The highest BCUT2D eigenvalue weighted by Gasteiger charge is 2.28. The maximum absolute atomic E-state index is 4.64. The fraction of sp³-hybridized carbons (Fsp3) is 0.571. The Morgan fingerprint density at radius 3 is 2.48 bits per heavy atom. The topological polar surface area (TPSA) is 24.3 Å². The molecule has 0 bridgehead atoms. The number of aromatic nitrogens is 2. The fourth-order valence-electron chi connectivity index (χ4n) is 4.68. The van der Waals surface area contributed by atoms with Crippen LogP contribution in [0.25, 0.3) is 11.1 Å². The SMILES string of the molecule is Cc1nn(C)c(C)c1-c1cccc2c1CCC(N1CCN(C)CC1)C2. The van der Waals surface area contributed by atoms with Crippen molar-refractivity contribution in [2.24, 2.45) is 7.05 Å². The van der Waals surface area contributed by atoms with E-state index in [2.05, 4.69) is 54.0 Å². The van der Waals surface area contributed by atoms with Gasteiger partial charge >= 0.3 is 0 Å². The first-order chi connectivity index (χ1) is 12.0. The number of nitrogens with zero attached hydrogens (tertiary/aromatic N) is 4. The second kappa shape index (κ2) is 6.58. The minimum Gasteiger partial charge on any atom is -0.304 e. The molecule has 0 radical (unpaired) electrons. The highest BCUT2D eigenvalue weighted by atomic mass is 15.3. The normalized spacial score (nSPS) is 22.2. The van der Waals surface area contributed by atoms with Gasteiger partial charge < -0.3 is 4.90 Å². The van der Waals surface area contributed by atoms with E-state index in [1.54, 1.807) is 11.1 Å². The first-order valence-electron chi connectivity index (χ1n) is 9.58. The Morgan fingerprint density at radius 1 is 1.04 bits per heavy atom. The molecular formula is C21H30N4. The van der Waals surface area contributed by atoms with Crippen LogP contribution in [0.5, 0.6) is 0 Å². The van der Waals surface area contributed by atoms with Crippen molar-refractivity contribution in [3.8, 4) is 11.1 Å². The molecule has 0 amide bonds. The van der Waals surface area contributed by atoms with Crippen LogP contribution in [-0.2, 0) is 19.9 Å².